The average Bonchev–Trinajstić information content (AvgIpc) is 2.23. The first kappa shape index (κ1) is 11.0. The molecule has 1 heterocycles. The van der Waals surface area contributed by atoms with E-state index in [0.29, 0.717) is 6.04 Å². The Balaban J connectivity index is 2.31. The first-order chi connectivity index (χ1) is 7.20. The number of nitrogens with one attached hydrogen (secondary N) is 1. The van der Waals surface area contributed by atoms with E-state index in [9.17, 15) is 0 Å². The highest BCUT2D eigenvalue weighted by molar-refractivity contribution is 9.10. The fraction of sp³-hybridized carbons (Fsp3) is 0.500. The molecule has 82 valence electrons. The lowest BCUT2D eigenvalue weighted by atomic mass is 10.1. The summed E-state index contributed by atoms with van der Waals surface area (Å²) < 4.78 is 1.23. The van der Waals surface area contributed by atoms with E-state index in [-0.39, 0.29) is 0 Å². The van der Waals surface area contributed by atoms with E-state index >= 15 is 0 Å². The van der Waals surface area contributed by atoms with Gasteiger partial charge in [0.15, 0.2) is 0 Å². The minimum Gasteiger partial charge on any atom is -0.365 e. The fourth-order valence-electron chi connectivity index (χ4n) is 2.05. The van der Waals surface area contributed by atoms with E-state index in [0.717, 1.165) is 19.6 Å². The smallest absolute Gasteiger partial charge is 0.0516 e. The van der Waals surface area contributed by atoms with Gasteiger partial charge in [-0.25, -0.2) is 0 Å². The van der Waals surface area contributed by atoms with Crippen LogP contribution in [0.1, 0.15) is 12.5 Å². The molecule has 1 aliphatic rings. The monoisotopic (exact) mass is 268 g/mol. The van der Waals surface area contributed by atoms with Crippen molar-refractivity contribution in [3.63, 3.8) is 0 Å². The largest absolute Gasteiger partial charge is 0.365 e. The van der Waals surface area contributed by atoms with Crippen LogP contribution < -0.4 is 10.2 Å². The van der Waals surface area contributed by atoms with Crippen molar-refractivity contribution in [3.8, 4) is 0 Å². The number of aryl methyl sites for hydroxylation is 1. The Morgan fingerprint density at radius 2 is 2.27 bits per heavy atom. The summed E-state index contributed by atoms with van der Waals surface area (Å²) in [5.74, 6) is 0. The molecule has 1 atom stereocenters. The Hall–Kier alpha value is -0.540. The highest BCUT2D eigenvalue weighted by atomic mass is 79.9. The molecule has 3 heteroatoms. The van der Waals surface area contributed by atoms with Crippen LogP contribution in [-0.4, -0.2) is 25.7 Å². The van der Waals surface area contributed by atoms with E-state index in [1.807, 2.05) is 0 Å². The van der Waals surface area contributed by atoms with Crippen LogP contribution in [0.25, 0.3) is 0 Å². The molecule has 0 bridgehead atoms. The van der Waals surface area contributed by atoms with Gasteiger partial charge in [-0.2, -0.15) is 0 Å². The van der Waals surface area contributed by atoms with Gasteiger partial charge in [0.1, 0.15) is 0 Å². The summed E-state index contributed by atoms with van der Waals surface area (Å²) in [6.45, 7) is 7.63. The van der Waals surface area contributed by atoms with Crippen molar-refractivity contribution in [1.29, 1.82) is 0 Å². The molecular formula is C12H17BrN2. The van der Waals surface area contributed by atoms with Crippen molar-refractivity contribution in [2.24, 2.45) is 0 Å². The number of halogens is 1. The molecule has 1 N–H and O–H groups in total. The lowest BCUT2D eigenvalue weighted by Gasteiger charge is -2.36. The summed E-state index contributed by atoms with van der Waals surface area (Å²) in [6, 6.07) is 7.03. The lowest BCUT2D eigenvalue weighted by molar-refractivity contribution is 0.500. The molecule has 0 saturated carbocycles. The van der Waals surface area contributed by atoms with E-state index in [2.05, 4.69) is 58.2 Å². The van der Waals surface area contributed by atoms with Gasteiger partial charge in [-0.1, -0.05) is 12.1 Å². The molecule has 2 rings (SSSR count). The standard InChI is InChI=1S/C12H17BrN2/c1-9-4-3-5-11(12(9)13)15-7-6-14-8-10(15)2/h3-5,10,14H,6-8H2,1-2H3. The fourth-order valence-corrected chi connectivity index (χ4v) is 2.54. The van der Waals surface area contributed by atoms with Crippen LogP contribution >= 0.6 is 15.9 Å². The Kier molecular flexibility index (Phi) is 3.32. The maximum Gasteiger partial charge on any atom is 0.0516 e. The van der Waals surface area contributed by atoms with E-state index in [4.69, 9.17) is 0 Å². The zero-order chi connectivity index (χ0) is 10.8. The second kappa shape index (κ2) is 4.54. The topological polar surface area (TPSA) is 15.3 Å². The number of anilines is 1. The van der Waals surface area contributed by atoms with Crippen LogP contribution in [-0.2, 0) is 0 Å². The van der Waals surface area contributed by atoms with Crippen molar-refractivity contribution in [1.82, 2.24) is 5.32 Å². The number of rotatable bonds is 1. The van der Waals surface area contributed by atoms with Crippen molar-refractivity contribution in [2.45, 2.75) is 19.9 Å². The van der Waals surface area contributed by atoms with Gasteiger partial charge >= 0.3 is 0 Å². The average molecular weight is 269 g/mol. The van der Waals surface area contributed by atoms with Gasteiger partial charge in [-0.15, -0.1) is 0 Å². The van der Waals surface area contributed by atoms with E-state index in [1.165, 1.54) is 15.7 Å². The SMILES string of the molecule is Cc1cccc(N2CCNCC2C)c1Br. The van der Waals surface area contributed by atoms with Crippen LogP contribution in [0.3, 0.4) is 0 Å². The zero-order valence-electron chi connectivity index (χ0n) is 9.26. The summed E-state index contributed by atoms with van der Waals surface area (Å²) in [6.07, 6.45) is 0. The van der Waals surface area contributed by atoms with Crippen molar-refractivity contribution < 1.29 is 0 Å². The predicted molar refractivity (Wildman–Crippen MR) is 68.6 cm³/mol. The molecule has 0 spiro atoms. The van der Waals surface area contributed by atoms with Crippen LogP contribution in [0.4, 0.5) is 5.69 Å². The molecule has 0 amide bonds. The molecular weight excluding hydrogens is 252 g/mol. The molecule has 0 aliphatic carbocycles. The summed E-state index contributed by atoms with van der Waals surface area (Å²) in [7, 11) is 0. The quantitative estimate of drug-likeness (QED) is 0.843. The Bertz CT molecular complexity index is 351. The highest BCUT2D eigenvalue weighted by Gasteiger charge is 2.20. The molecule has 1 aromatic rings. The van der Waals surface area contributed by atoms with Crippen LogP contribution in [0.15, 0.2) is 22.7 Å². The summed E-state index contributed by atoms with van der Waals surface area (Å²) in [4.78, 5) is 2.47. The van der Waals surface area contributed by atoms with Crippen molar-refractivity contribution >= 4 is 21.6 Å². The third-order valence-corrected chi connectivity index (χ3v) is 4.01. The second-order valence-corrected chi connectivity index (χ2v) is 4.95. The highest BCUT2D eigenvalue weighted by Crippen LogP contribution is 2.30. The first-order valence-electron chi connectivity index (χ1n) is 5.42. The lowest BCUT2D eigenvalue weighted by Crippen LogP contribution is -2.50. The van der Waals surface area contributed by atoms with Crippen molar-refractivity contribution in [3.05, 3.63) is 28.2 Å². The van der Waals surface area contributed by atoms with Crippen LogP contribution in [0.5, 0.6) is 0 Å². The molecule has 1 aliphatic heterocycles. The van der Waals surface area contributed by atoms with Crippen LogP contribution in [0.2, 0.25) is 0 Å². The number of hydrogen-bond donors (Lipinski definition) is 1. The summed E-state index contributed by atoms with van der Waals surface area (Å²) in [5.41, 5.74) is 2.63. The van der Waals surface area contributed by atoms with Gasteiger partial charge in [0.2, 0.25) is 0 Å². The number of hydrogen-bond acceptors (Lipinski definition) is 2. The molecule has 1 unspecified atom stereocenters. The van der Waals surface area contributed by atoms with Gasteiger partial charge < -0.3 is 10.2 Å². The van der Waals surface area contributed by atoms with Gasteiger partial charge in [0, 0.05) is 30.1 Å². The normalized spacial score (nSPS) is 21.8. The van der Waals surface area contributed by atoms with Gasteiger partial charge in [-0.3, -0.25) is 0 Å². The van der Waals surface area contributed by atoms with E-state index in [1.54, 1.807) is 0 Å². The Morgan fingerprint density at radius 1 is 1.47 bits per heavy atom. The molecule has 2 nitrogen and oxygen atoms in total. The van der Waals surface area contributed by atoms with Gasteiger partial charge in [-0.05, 0) is 41.4 Å². The maximum absolute atomic E-state index is 3.68. The number of benzene rings is 1. The molecule has 1 aromatic carbocycles. The Labute approximate surface area is 99.8 Å². The molecule has 0 aromatic heterocycles. The third kappa shape index (κ3) is 2.18. The second-order valence-electron chi connectivity index (χ2n) is 4.15. The zero-order valence-corrected chi connectivity index (χ0v) is 10.8. The minimum absolute atomic E-state index is 0.567. The summed E-state index contributed by atoms with van der Waals surface area (Å²) >= 11 is 3.68. The number of piperazine rings is 1. The van der Waals surface area contributed by atoms with Gasteiger partial charge in [0.25, 0.3) is 0 Å². The Morgan fingerprint density at radius 3 is 3.00 bits per heavy atom. The van der Waals surface area contributed by atoms with Crippen molar-refractivity contribution in [2.75, 3.05) is 24.5 Å². The third-order valence-electron chi connectivity index (χ3n) is 2.98. The van der Waals surface area contributed by atoms with E-state index < -0.39 is 0 Å². The summed E-state index contributed by atoms with van der Waals surface area (Å²) in [5, 5.41) is 3.41. The predicted octanol–water partition coefficient (Wildman–Crippen LogP) is 2.56. The molecule has 0 radical (unpaired) electrons. The first-order valence-corrected chi connectivity index (χ1v) is 6.22. The van der Waals surface area contributed by atoms with Gasteiger partial charge in [0.05, 0.1) is 5.69 Å². The molecule has 1 fully saturated rings. The van der Waals surface area contributed by atoms with Crippen LogP contribution in [0, 0.1) is 6.92 Å². The molecule has 15 heavy (non-hydrogen) atoms. The number of nitrogens with zero attached hydrogens (tertiary/aromatic N) is 1. The maximum atomic E-state index is 3.68. The molecule has 1 saturated heterocycles. The minimum atomic E-state index is 0.567.